The Labute approximate surface area is 130 Å². The number of aryl methyl sites for hydroxylation is 1. The molecule has 0 unspecified atom stereocenters. The van der Waals surface area contributed by atoms with E-state index < -0.39 is 0 Å². The standard InChI is InChI=1S/C15H18N4O.ClH/c1-11-6-7-19(18-11)14-4-2-13(3-5-14)15(20)17-10-12-8-16-9-12;/h2-7,12,16H,8-10H2,1H3,(H,17,20);1H. The second-order valence-corrected chi connectivity index (χ2v) is 5.18. The predicted octanol–water partition coefficient (Wildman–Crippen LogP) is 1.55. The minimum absolute atomic E-state index is 0. The van der Waals surface area contributed by atoms with Crippen LogP contribution < -0.4 is 10.6 Å². The number of carbonyl (C=O) groups is 1. The maximum atomic E-state index is 12.0. The Kier molecular flexibility index (Phi) is 4.98. The first kappa shape index (κ1) is 15.5. The van der Waals surface area contributed by atoms with Crippen LogP contribution in [0.25, 0.3) is 5.69 Å². The molecule has 3 rings (SSSR count). The quantitative estimate of drug-likeness (QED) is 0.901. The third-order valence-electron chi connectivity index (χ3n) is 3.53. The molecule has 2 heterocycles. The van der Waals surface area contributed by atoms with E-state index in [2.05, 4.69) is 15.7 Å². The van der Waals surface area contributed by atoms with E-state index in [1.165, 1.54) is 0 Å². The highest BCUT2D eigenvalue weighted by molar-refractivity contribution is 5.94. The molecular weight excluding hydrogens is 288 g/mol. The molecule has 1 aromatic heterocycles. The Morgan fingerprint density at radius 3 is 2.57 bits per heavy atom. The second kappa shape index (κ2) is 6.74. The molecule has 0 spiro atoms. The Hall–Kier alpha value is -1.85. The maximum Gasteiger partial charge on any atom is 0.251 e. The molecule has 6 heteroatoms. The number of nitrogens with one attached hydrogen (secondary N) is 2. The van der Waals surface area contributed by atoms with Crippen LogP contribution in [0.2, 0.25) is 0 Å². The molecular formula is C15H19ClN4O. The number of nitrogens with zero attached hydrogens (tertiary/aromatic N) is 2. The molecule has 2 N–H and O–H groups in total. The number of hydrogen-bond donors (Lipinski definition) is 2. The third kappa shape index (κ3) is 3.62. The Morgan fingerprint density at radius 1 is 1.33 bits per heavy atom. The van der Waals surface area contributed by atoms with Crippen molar-refractivity contribution in [3.8, 4) is 5.69 Å². The summed E-state index contributed by atoms with van der Waals surface area (Å²) in [6.45, 7) is 4.69. The molecule has 0 aliphatic carbocycles. The Bertz CT molecular complexity index is 604. The molecule has 0 atom stereocenters. The van der Waals surface area contributed by atoms with Gasteiger partial charge in [0.2, 0.25) is 0 Å². The highest BCUT2D eigenvalue weighted by Gasteiger charge is 2.17. The smallest absolute Gasteiger partial charge is 0.251 e. The van der Waals surface area contributed by atoms with Crippen molar-refractivity contribution in [2.24, 2.45) is 5.92 Å². The summed E-state index contributed by atoms with van der Waals surface area (Å²) in [5.41, 5.74) is 2.61. The maximum absolute atomic E-state index is 12.0. The first-order valence-corrected chi connectivity index (χ1v) is 6.84. The summed E-state index contributed by atoms with van der Waals surface area (Å²) in [4.78, 5) is 12.0. The van der Waals surface area contributed by atoms with Crippen molar-refractivity contribution in [2.45, 2.75) is 6.92 Å². The van der Waals surface area contributed by atoms with Crippen LogP contribution in [-0.4, -0.2) is 35.3 Å². The fraction of sp³-hybridized carbons (Fsp3) is 0.333. The SMILES string of the molecule is Cc1ccn(-c2ccc(C(=O)NCC3CNC3)cc2)n1.Cl. The van der Waals surface area contributed by atoms with Crippen LogP contribution >= 0.6 is 12.4 Å². The Morgan fingerprint density at radius 2 is 2.05 bits per heavy atom. The first-order valence-electron chi connectivity index (χ1n) is 6.84. The van der Waals surface area contributed by atoms with Gasteiger partial charge in [-0.15, -0.1) is 12.4 Å². The lowest BCUT2D eigenvalue weighted by atomic mass is 10.0. The summed E-state index contributed by atoms with van der Waals surface area (Å²) >= 11 is 0. The van der Waals surface area contributed by atoms with E-state index in [9.17, 15) is 4.79 Å². The predicted molar refractivity (Wildman–Crippen MR) is 84.2 cm³/mol. The molecule has 1 fully saturated rings. The fourth-order valence-electron chi connectivity index (χ4n) is 2.16. The van der Waals surface area contributed by atoms with Crippen molar-refractivity contribution in [1.29, 1.82) is 0 Å². The number of hydrogen-bond acceptors (Lipinski definition) is 3. The summed E-state index contributed by atoms with van der Waals surface area (Å²) in [5.74, 6) is 0.561. The van der Waals surface area contributed by atoms with Gasteiger partial charge < -0.3 is 10.6 Å². The number of halogens is 1. The van der Waals surface area contributed by atoms with E-state index in [0.717, 1.165) is 31.0 Å². The van der Waals surface area contributed by atoms with Gasteiger partial charge in [0.05, 0.1) is 11.4 Å². The zero-order valence-corrected chi connectivity index (χ0v) is 12.7. The van der Waals surface area contributed by atoms with Crippen molar-refractivity contribution in [2.75, 3.05) is 19.6 Å². The van der Waals surface area contributed by atoms with Gasteiger partial charge in [0.15, 0.2) is 0 Å². The van der Waals surface area contributed by atoms with Crippen molar-refractivity contribution in [1.82, 2.24) is 20.4 Å². The highest BCUT2D eigenvalue weighted by Crippen LogP contribution is 2.10. The first-order chi connectivity index (χ1) is 9.72. The molecule has 112 valence electrons. The summed E-state index contributed by atoms with van der Waals surface area (Å²) in [7, 11) is 0. The van der Waals surface area contributed by atoms with Crippen LogP contribution in [0.1, 0.15) is 16.1 Å². The van der Waals surface area contributed by atoms with Gasteiger partial charge in [0, 0.05) is 37.3 Å². The van der Waals surface area contributed by atoms with E-state index in [1.807, 2.05) is 43.5 Å². The molecule has 1 amide bonds. The molecule has 0 bridgehead atoms. The molecule has 0 saturated carbocycles. The van der Waals surface area contributed by atoms with Gasteiger partial charge in [-0.05, 0) is 37.3 Å². The molecule has 2 aromatic rings. The molecule has 5 nitrogen and oxygen atoms in total. The normalized spacial score (nSPS) is 14.1. The summed E-state index contributed by atoms with van der Waals surface area (Å²) < 4.78 is 1.80. The molecule has 21 heavy (non-hydrogen) atoms. The number of aromatic nitrogens is 2. The minimum Gasteiger partial charge on any atom is -0.352 e. The van der Waals surface area contributed by atoms with Crippen LogP contribution in [0.4, 0.5) is 0 Å². The Balaban J connectivity index is 0.00000161. The van der Waals surface area contributed by atoms with Gasteiger partial charge in [0.1, 0.15) is 0 Å². The van der Waals surface area contributed by atoms with Crippen LogP contribution in [-0.2, 0) is 0 Å². The average molecular weight is 307 g/mol. The third-order valence-corrected chi connectivity index (χ3v) is 3.53. The monoisotopic (exact) mass is 306 g/mol. The van der Waals surface area contributed by atoms with Crippen LogP contribution in [0.3, 0.4) is 0 Å². The van der Waals surface area contributed by atoms with Crippen LogP contribution in [0.5, 0.6) is 0 Å². The lowest BCUT2D eigenvalue weighted by molar-refractivity contribution is 0.0942. The van der Waals surface area contributed by atoms with E-state index in [-0.39, 0.29) is 18.3 Å². The summed E-state index contributed by atoms with van der Waals surface area (Å²) in [6.07, 6.45) is 1.91. The molecule has 1 aromatic carbocycles. The number of benzene rings is 1. The van der Waals surface area contributed by atoms with E-state index in [1.54, 1.807) is 4.68 Å². The van der Waals surface area contributed by atoms with Crippen LogP contribution in [0.15, 0.2) is 36.5 Å². The molecule has 1 aliphatic rings. The number of rotatable bonds is 4. The zero-order valence-electron chi connectivity index (χ0n) is 11.9. The van der Waals surface area contributed by atoms with Gasteiger partial charge in [0.25, 0.3) is 5.91 Å². The largest absolute Gasteiger partial charge is 0.352 e. The molecule has 0 radical (unpaired) electrons. The van der Waals surface area contributed by atoms with Crippen molar-refractivity contribution >= 4 is 18.3 Å². The van der Waals surface area contributed by atoms with Gasteiger partial charge in [-0.25, -0.2) is 4.68 Å². The molecule has 1 aliphatic heterocycles. The number of carbonyl (C=O) groups excluding carboxylic acids is 1. The van der Waals surface area contributed by atoms with Crippen molar-refractivity contribution in [3.63, 3.8) is 0 Å². The van der Waals surface area contributed by atoms with Gasteiger partial charge in [-0.3, -0.25) is 4.79 Å². The fourth-order valence-corrected chi connectivity index (χ4v) is 2.16. The second-order valence-electron chi connectivity index (χ2n) is 5.18. The number of amides is 1. The van der Waals surface area contributed by atoms with E-state index in [0.29, 0.717) is 11.5 Å². The topological polar surface area (TPSA) is 59.0 Å². The van der Waals surface area contributed by atoms with E-state index in [4.69, 9.17) is 0 Å². The summed E-state index contributed by atoms with van der Waals surface area (Å²) in [5, 5.41) is 10.5. The lowest BCUT2D eigenvalue weighted by Gasteiger charge is -2.27. The average Bonchev–Trinajstić information content (AvgIpc) is 2.84. The van der Waals surface area contributed by atoms with Gasteiger partial charge in [-0.2, -0.15) is 5.10 Å². The van der Waals surface area contributed by atoms with Gasteiger partial charge >= 0.3 is 0 Å². The minimum atomic E-state index is -0.0138. The van der Waals surface area contributed by atoms with Gasteiger partial charge in [-0.1, -0.05) is 0 Å². The van der Waals surface area contributed by atoms with E-state index >= 15 is 0 Å². The highest BCUT2D eigenvalue weighted by atomic mass is 35.5. The van der Waals surface area contributed by atoms with Crippen LogP contribution in [0, 0.1) is 12.8 Å². The van der Waals surface area contributed by atoms with Crippen molar-refractivity contribution in [3.05, 3.63) is 47.8 Å². The summed E-state index contributed by atoms with van der Waals surface area (Å²) in [6, 6.07) is 9.44. The zero-order chi connectivity index (χ0) is 13.9. The lowest BCUT2D eigenvalue weighted by Crippen LogP contribution is -2.48. The van der Waals surface area contributed by atoms with Crippen molar-refractivity contribution < 1.29 is 4.79 Å². The molecule has 1 saturated heterocycles.